The minimum atomic E-state index is -0.979. The lowest BCUT2D eigenvalue weighted by molar-refractivity contribution is 0.0254. The number of amides is 1. The van der Waals surface area contributed by atoms with E-state index in [9.17, 15) is 9.90 Å². The second kappa shape index (κ2) is 7.18. The van der Waals surface area contributed by atoms with Crippen LogP contribution in [0.25, 0.3) is 0 Å². The first kappa shape index (κ1) is 17.3. The van der Waals surface area contributed by atoms with E-state index < -0.39 is 5.60 Å². The highest BCUT2D eigenvalue weighted by molar-refractivity contribution is 5.93. The van der Waals surface area contributed by atoms with Gasteiger partial charge in [-0.2, -0.15) is 5.10 Å². The molecule has 8 heteroatoms. The number of β-amino-alcohol motifs (C(OH)–C–C–N with tert-alkyl or cyclic N) is 1. The first-order chi connectivity index (χ1) is 12.0. The summed E-state index contributed by atoms with van der Waals surface area (Å²) in [6, 6.07) is 1.91. The van der Waals surface area contributed by atoms with Crippen molar-refractivity contribution >= 4 is 11.7 Å². The lowest BCUT2D eigenvalue weighted by Crippen LogP contribution is -2.54. The molecule has 0 bridgehead atoms. The average Bonchev–Trinajstić information content (AvgIpc) is 3.09. The molecule has 2 aromatic heterocycles. The van der Waals surface area contributed by atoms with Crippen molar-refractivity contribution in [2.24, 2.45) is 0 Å². The van der Waals surface area contributed by atoms with Crippen LogP contribution >= 0.6 is 0 Å². The van der Waals surface area contributed by atoms with E-state index in [0.717, 1.165) is 24.5 Å². The van der Waals surface area contributed by atoms with Crippen LogP contribution in [-0.2, 0) is 6.54 Å². The van der Waals surface area contributed by atoms with Crippen LogP contribution in [0.3, 0.4) is 0 Å². The van der Waals surface area contributed by atoms with E-state index in [1.165, 1.54) is 6.33 Å². The SMILES string of the molecule is CCn1cc(C(=O)NC[C@]2(O)CCCN(c3cc(C)ncn3)C2)cn1. The van der Waals surface area contributed by atoms with Crippen molar-refractivity contribution in [1.29, 1.82) is 0 Å². The molecule has 0 aliphatic carbocycles. The van der Waals surface area contributed by atoms with E-state index in [4.69, 9.17) is 0 Å². The van der Waals surface area contributed by atoms with Gasteiger partial charge < -0.3 is 15.3 Å². The second-order valence-electron chi connectivity index (χ2n) is 6.53. The van der Waals surface area contributed by atoms with E-state index in [1.54, 1.807) is 17.1 Å². The lowest BCUT2D eigenvalue weighted by Gasteiger charge is -2.39. The number of hydrogen-bond donors (Lipinski definition) is 2. The normalized spacial score (nSPS) is 20.5. The van der Waals surface area contributed by atoms with Crippen molar-refractivity contribution in [3.05, 3.63) is 36.0 Å². The van der Waals surface area contributed by atoms with Gasteiger partial charge in [-0.3, -0.25) is 9.48 Å². The van der Waals surface area contributed by atoms with Gasteiger partial charge in [-0.15, -0.1) is 0 Å². The van der Waals surface area contributed by atoms with Crippen LogP contribution in [0.15, 0.2) is 24.8 Å². The largest absolute Gasteiger partial charge is 0.386 e. The number of hydrogen-bond acceptors (Lipinski definition) is 6. The average molecular weight is 344 g/mol. The quantitative estimate of drug-likeness (QED) is 0.831. The molecule has 134 valence electrons. The minimum absolute atomic E-state index is 0.198. The molecule has 3 rings (SSSR count). The molecule has 1 aliphatic heterocycles. The summed E-state index contributed by atoms with van der Waals surface area (Å²) in [6.07, 6.45) is 6.26. The molecule has 0 unspecified atom stereocenters. The highest BCUT2D eigenvalue weighted by Gasteiger charge is 2.34. The topological polar surface area (TPSA) is 96.2 Å². The van der Waals surface area contributed by atoms with Crippen LogP contribution in [0.1, 0.15) is 35.8 Å². The second-order valence-corrected chi connectivity index (χ2v) is 6.53. The smallest absolute Gasteiger partial charge is 0.254 e. The molecule has 1 aliphatic rings. The maximum absolute atomic E-state index is 12.2. The molecule has 3 heterocycles. The number of carbonyl (C=O) groups excluding carboxylic acids is 1. The van der Waals surface area contributed by atoms with Crippen LogP contribution in [0, 0.1) is 6.92 Å². The highest BCUT2D eigenvalue weighted by Crippen LogP contribution is 2.24. The molecule has 0 radical (unpaired) electrons. The Morgan fingerprint density at radius 1 is 1.44 bits per heavy atom. The van der Waals surface area contributed by atoms with Crippen LogP contribution in [0.4, 0.5) is 5.82 Å². The van der Waals surface area contributed by atoms with Crippen molar-refractivity contribution in [1.82, 2.24) is 25.1 Å². The molecule has 0 aromatic carbocycles. The standard InChI is InChI=1S/C17H24N6O2/c1-3-23-9-14(8-21-23)16(24)18-10-17(25)5-4-6-22(11-17)15-7-13(2)19-12-20-15/h7-9,12,25H,3-6,10-11H2,1-2H3,(H,18,24)/t17-/m1/s1. The Balaban J connectivity index is 1.62. The van der Waals surface area contributed by atoms with Gasteiger partial charge in [0.25, 0.3) is 5.91 Å². The fourth-order valence-corrected chi connectivity index (χ4v) is 3.07. The van der Waals surface area contributed by atoms with Crippen LogP contribution in [-0.4, -0.2) is 56.0 Å². The molecule has 1 fully saturated rings. The summed E-state index contributed by atoms with van der Waals surface area (Å²) < 4.78 is 1.70. The van der Waals surface area contributed by atoms with Gasteiger partial charge >= 0.3 is 0 Å². The van der Waals surface area contributed by atoms with Crippen molar-refractivity contribution < 1.29 is 9.90 Å². The van der Waals surface area contributed by atoms with E-state index in [0.29, 0.717) is 25.1 Å². The highest BCUT2D eigenvalue weighted by atomic mass is 16.3. The van der Waals surface area contributed by atoms with Crippen molar-refractivity contribution in [3.8, 4) is 0 Å². The Bertz CT molecular complexity index is 746. The lowest BCUT2D eigenvalue weighted by atomic mass is 9.92. The van der Waals surface area contributed by atoms with Crippen LogP contribution in [0.5, 0.6) is 0 Å². The fraction of sp³-hybridized carbons (Fsp3) is 0.529. The zero-order valence-electron chi connectivity index (χ0n) is 14.6. The molecular formula is C17H24N6O2. The van der Waals surface area contributed by atoms with Gasteiger partial charge in [-0.05, 0) is 26.7 Å². The molecular weight excluding hydrogens is 320 g/mol. The minimum Gasteiger partial charge on any atom is -0.386 e. The number of nitrogens with one attached hydrogen (secondary N) is 1. The van der Waals surface area contributed by atoms with Crippen LogP contribution in [0.2, 0.25) is 0 Å². The molecule has 2 aromatic rings. The van der Waals surface area contributed by atoms with Gasteiger partial charge in [-0.25, -0.2) is 9.97 Å². The number of aryl methyl sites for hydroxylation is 2. The molecule has 1 atom stereocenters. The predicted octanol–water partition coefficient (Wildman–Crippen LogP) is 0.763. The summed E-state index contributed by atoms with van der Waals surface area (Å²) in [5, 5.41) is 17.8. The Morgan fingerprint density at radius 3 is 3.00 bits per heavy atom. The zero-order valence-corrected chi connectivity index (χ0v) is 14.6. The van der Waals surface area contributed by atoms with Gasteiger partial charge in [0.2, 0.25) is 0 Å². The third kappa shape index (κ3) is 4.14. The summed E-state index contributed by atoms with van der Waals surface area (Å²) in [6.45, 7) is 6.04. The van der Waals surface area contributed by atoms with Gasteiger partial charge in [-0.1, -0.05) is 0 Å². The van der Waals surface area contributed by atoms with Gasteiger partial charge in [0.05, 0.1) is 17.4 Å². The predicted molar refractivity (Wildman–Crippen MR) is 93.4 cm³/mol. The van der Waals surface area contributed by atoms with Crippen molar-refractivity contribution in [2.75, 3.05) is 24.5 Å². The number of carbonyl (C=O) groups is 1. The van der Waals surface area contributed by atoms with E-state index in [-0.39, 0.29) is 12.5 Å². The molecule has 0 saturated carbocycles. The Kier molecular flexibility index (Phi) is 4.98. The summed E-state index contributed by atoms with van der Waals surface area (Å²) in [7, 11) is 0. The number of nitrogens with zero attached hydrogens (tertiary/aromatic N) is 5. The van der Waals surface area contributed by atoms with E-state index >= 15 is 0 Å². The zero-order chi connectivity index (χ0) is 17.9. The van der Waals surface area contributed by atoms with E-state index in [1.807, 2.05) is 24.8 Å². The number of rotatable bonds is 5. The van der Waals surface area contributed by atoms with Gasteiger partial charge in [0.15, 0.2) is 0 Å². The number of aliphatic hydroxyl groups is 1. The Morgan fingerprint density at radius 2 is 2.28 bits per heavy atom. The maximum atomic E-state index is 12.2. The van der Waals surface area contributed by atoms with E-state index in [2.05, 4.69) is 20.4 Å². The van der Waals surface area contributed by atoms with Gasteiger partial charge in [0, 0.05) is 44.1 Å². The first-order valence-corrected chi connectivity index (χ1v) is 8.56. The number of anilines is 1. The molecule has 1 amide bonds. The summed E-state index contributed by atoms with van der Waals surface area (Å²) >= 11 is 0. The maximum Gasteiger partial charge on any atom is 0.254 e. The summed E-state index contributed by atoms with van der Waals surface area (Å²) in [5.74, 6) is 0.587. The molecule has 25 heavy (non-hydrogen) atoms. The monoisotopic (exact) mass is 344 g/mol. The summed E-state index contributed by atoms with van der Waals surface area (Å²) in [5.41, 5.74) is 0.415. The fourth-order valence-electron chi connectivity index (χ4n) is 3.07. The number of aromatic nitrogens is 4. The third-order valence-electron chi connectivity index (χ3n) is 4.47. The van der Waals surface area contributed by atoms with Crippen LogP contribution < -0.4 is 10.2 Å². The first-order valence-electron chi connectivity index (χ1n) is 8.56. The number of piperidine rings is 1. The Hall–Kier alpha value is -2.48. The molecule has 1 saturated heterocycles. The van der Waals surface area contributed by atoms with Crippen molar-refractivity contribution in [2.45, 2.75) is 38.8 Å². The van der Waals surface area contributed by atoms with Gasteiger partial charge in [0.1, 0.15) is 12.1 Å². The molecule has 0 spiro atoms. The van der Waals surface area contributed by atoms with Crippen molar-refractivity contribution in [3.63, 3.8) is 0 Å². The molecule has 8 nitrogen and oxygen atoms in total. The third-order valence-corrected chi connectivity index (χ3v) is 4.47. The Labute approximate surface area is 146 Å². The summed E-state index contributed by atoms with van der Waals surface area (Å²) in [4.78, 5) is 22.7. The molecule has 2 N–H and O–H groups in total.